The van der Waals surface area contributed by atoms with Crippen LogP contribution in [0.5, 0.6) is 0 Å². The summed E-state index contributed by atoms with van der Waals surface area (Å²) in [7, 11) is 3.94. The molecule has 0 N–H and O–H groups in total. The lowest BCUT2D eigenvalue weighted by Crippen LogP contribution is -2.64. The van der Waals surface area contributed by atoms with Crippen LogP contribution in [0.4, 0.5) is 0 Å². The number of likely N-dealkylation sites (N-methyl/N-ethyl adjacent to an activating group) is 1. The second-order valence-electron chi connectivity index (χ2n) is 7.74. The van der Waals surface area contributed by atoms with Crippen molar-refractivity contribution >= 4 is 11.8 Å². The van der Waals surface area contributed by atoms with E-state index in [1.54, 1.807) is 4.90 Å². The fourth-order valence-corrected chi connectivity index (χ4v) is 4.33. The fraction of sp³-hybridized carbons (Fsp3) is 0.833. The molecule has 3 rings (SSSR count). The summed E-state index contributed by atoms with van der Waals surface area (Å²) < 4.78 is 5.36. The van der Waals surface area contributed by atoms with Gasteiger partial charge in [0, 0.05) is 58.4 Å². The van der Waals surface area contributed by atoms with Crippen molar-refractivity contribution in [3.63, 3.8) is 0 Å². The minimum Gasteiger partial charge on any atom is -0.381 e. The first-order valence-corrected chi connectivity index (χ1v) is 9.16. The first-order chi connectivity index (χ1) is 11.9. The molecule has 0 aromatic rings. The summed E-state index contributed by atoms with van der Waals surface area (Å²) >= 11 is 0. The number of ether oxygens (including phenoxy) is 1. The van der Waals surface area contributed by atoms with Crippen LogP contribution in [-0.4, -0.2) is 85.5 Å². The van der Waals surface area contributed by atoms with Crippen LogP contribution in [0.1, 0.15) is 32.1 Å². The highest BCUT2D eigenvalue weighted by Crippen LogP contribution is 2.36. The molecule has 3 aliphatic heterocycles. The van der Waals surface area contributed by atoms with Gasteiger partial charge >= 0.3 is 0 Å². The molecule has 0 radical (unpaired) electrons. The van der Waals surface area contributed by atoms with Gasteiger partial charge in [0.05, 0.1) is 6.07 Å². The Morgan fingerprint density at radius 1 is 1.12 bits per heavy atom. The number of carbonyl (C=O) groups is 2. The van der Waals surface area contributed by atoms with E-state index in [-0.39, 0.29) is 17.4 Å². The van der Waals surface area contributed by atoms with Gasteiger partial charge in [-0.25, -0.2) is 0 Å². The van der Waals surface area contributed by atoms with Crippen LogP contribution < -0.4 is 0 Å². The molecule has 0 aromatic carbocycles. The number of carbonyl (C=O) groups excluding carboxylic acids is 2. The smallest absolute Gasteiger partial charge is 0.243 e. The highest BCUT2D eigenvalue weighted by atomic mass is 16.5. The van der Waals surface area contributed by atoms with E-state index < -0.39 is 5.41 Å². The van der Waals surface area contributed by atoms with Crippen LogP contribution in [0.3, 0.4) is 0 Å². The molecule has 0 unspecified atom stereocenters. The van der Waals surface area contributed by atoms with E-state index >= 15 is 0 Å². The van der Waals surface area contributed by atoms with Crippen LogP contribution in [0.15, 0.2) is 0 Å². The molecular formula is C18H28N4O3. The van der Waals surface area contributed by atoms with Crippen molar-refractivity contribution in [2.45, 2.75) is 37.6 Å². The van der Waals surface area contributed by atoms with Crippen LogP contribution in [0, 0.1) is 16.7 Å². The van der Waals surface area contributed by atoms with Gasteiger partial charge in [-0.05, 0) is 32.7 Å². The fourth-order valence-electron chi connectivity index (χ4n) is 4.33. The third-order valence-electron chi connectivity index (χ3n) is 6.40. The van der Waals surface area contributed by atoms with Gasteiger partial charge in [-0.3, -0.25) is 14.5 Å². The second kappa shape index (κ2) is 6.93. The van der Waals surface area contributed by atoms with Crippen LogP contribution in [0.25, 0.3) is 0 Å². The minimum atomic E-state index is -0.938. The Labute approximate surface area is 149 Å². The molecule has 0 aliphatic carbocycles. The van der Waals surface area contributed by atoms with E-state index in [4.69, 9.17) is 4.74 Å². The maximum absolute atomic E-state index is 13.2. The summed E-state index contributed by atoms with van der Waals surface area (Å²) in [6.45, 7) is 3.68. The van der Waals surface area contributed by atoms with Gasteiger partial charge in [-0.2, -0.15) is 5.26 Å². The number of nitrogens with zero attached hydrogens (tertiary/aromatic N) is 4. The highest BCUT2D eigenvalue weighted by molar-refractivity contribution is 5.86. The van der Waals surface area contributed by atoms with Crippen molar-refractivity contribution in [2.75, 3.05) is 53.5 Å². The Morgan fingerprint density at radius 2 is 1.84 bits per heavy atom. The van der Waals surface area contributed by atoms with Crippen molar-refractivity contribution < 1.29 is 14.3 Å². The second-order valence-corrected chi connectivity index (χ2v) is 7.74. The minimum absolute atomic E-state index is 0.0466. The molecule has 3 aliphatic rings. The number of amides is 2. The molecule has 0 aromatic heterocycles. The molecule has 7 heteroatoms. The van der Waals surface area contributed by atoms with E-state index in [0.717, 1.165) is 19.4 Å². The average molecular weight is 348 g/mol. The lowest BCUT2D eigenvalue weighted by molar-refractivity contribution is -0.149. The molecule has 7 nitrogen and oxygen atoms in total. The zero-order valence-electron chi connectivity index (χ0n) is 15.3. The Kier molecular flexibility index (Phi) is 5.03. The Bertz CT molecular complexity index is 581. The zero-order valence-corrected chi connectivity index (χ0v) is 15.3. The molecule has 1 spiro atoms. The summed E-state index contributed by atoms with van der Waals surface area (Å²) in [5, 5.41) is 9.70. The summed E-state index contributed by atoms with van der Waals surface area (Å²) in [5.41, 5.74) is -1.11. The van der Waals surface area contributed by atoms with E-state index in [1.165, 1.54) is 0 Å². The predicted octanol–water partition coefficient (Wildman–Crippen LogP) is 0.462. The van der Waals surface area contributed by atoms with Crippen molar-refractivity contribution in [3.8, 4) is 6.07 Å². The number of rotatable bonds is 1. The monoisotopic (exact) mass is 348 g/mol. The molecule has 0 saturated carbocycles. The number of nitriles is 1. The Balaban J connectivity index is 1.79. The van der Waals surface area contributed by atoms with Crippen molar-refractivity contribution in [2.24, 2.45) is 5.41 Å². The maximum Gasteiger partial charge on any atom is 0.243 e. The summed E-state index contributed by atoms with van der Waals surface area (Å²) in [4.78, 5) is 31.3. The molecule has 138 valence electrons. The normalized spacial score (nSPS) is 30.8. The summed E-state index contributed by atoms with van der Waals surface area (Å²) in [6, 6.07) is 2.30. The number of hydrogen-bond donors (Lipinski definition) is 0. The van der Waals surface area contributed by atoms with Crippen molar-refractivity contribution in [1.29, 1.82) is 5.26 Å². The summed E-state index contributed by atoms with van der Waals surface area (Å²) in [5.74, 6) is 0.126. The molecule has 3 heterocycles. The SMILES string of the molecule is CN1CC[C@@]2(CCC1=O)CN(C(=O)C1(C#N)CCOCC1)CCN2C. The molecule has 25 heavy (non-hydrogen) atoms. The Hall–Kier alpha value is -1.65. The van der Waals surface area contributed by atoms with Crippen molar-refractivity contribution in [1.82, 2.24) is 14.7 Å². The van der Waals surface area contributed by atoms with Gasteiger partial charge in [0.2, 0.25) is 11.8 Å². The third-order valence-corrected chi connectivity index (χ3v) is 6.40. The number of likely N-dealkylation sites (tertiary alicyclic amines) is 1. The molecule has 3 saturated heterocycles. The molecule has 1 atom stereocenters. The molecular weight excluding hydrogens is 320 g/mol. The topological polar surface area (TPSA) is 76.9 Å². The maximum atomic E-state index is 13.2. The van der Waals surface area contributed by atoms with Crippen LogP contribution in [0.2, 0.25) is 0 Å². The first-order valence-electron chi connectivity index (χ1n) is 9.16. The van der Waals surface area contributed by atoms with E-state index in [0.29, 0.717) is 52.1 Å². The lowest BCUT2D eigenvalue weighted by Gasteiger charge is -2.50. The van der Waals surface area contributed by atoms with Gasteiger partial charge in [-0.1, -0.05) is 0 Å². The van der Waals surface area contributed by atoms with E-state index in [9.17, 15) is 14.9 Å². The van der Waals surface area contributed by atoms with E-state index in [1.807, 2.05) is 11.9 Å². The van der Waals surface area contributed by atoms with Crippen LogP contribution in [-0.2, 0) is 14.3 Å². The zero-order chi connectivity index (χ0) is 18.1. The quantitative estimate of drug-likeness (QED) is 0.688. The largest absolute Gasteiger partial charge is 0.381 e. The van der Waals surface area contributed by atoms with Gasteiger partial charge in [-0.15, -0.1) is 0 Å². The van der Waals surface area contributed by atoms with Gasteiger partial charge in [0.25, 0.3) is 0 Å². The highest BCUT2D eigenvalue weighted by Gasteiger charge is 2.48. The predicted molar refractivity (Wildman–Crippen MR) is 91.5 cm³/mol. The Morgan fingerprint density at radius 3 is 2.52 bits per heavy atom. The van der Waals surface area contributed by atoms with E-state index in [2.05, 4.69) is 18.0 Å². The standard InChI is InChI=1S/C18H28N4O3/c1-20-8-5-18(4-3-15(20)23)14-22(10-9-21(18)2)16(24)17(13-19)6-11-25-12-7-17/h3-12,14H2,1-2H3/t18-/m0/s1. The summed E-state index contributed by atoms with van der Waals surface area (Å²) in [6.07, 6.45) is 3.09. The van der Waals surface area contributed by atoms with Gasteiger partial charge in [0.1, 0.15) is 5.41 Å². The molecule has 2 amide bonds. The average Bonchev–Trinajstić information content (AvgIpc) is 2.78. The molecule has 0 bridgehead atoms. The van der Waals surface area contributed by atoms with Gasteiger partial charge in [0.15, 0.2) is 0 Å². The number of hydrogen-bond acceptors (Lipinski definition) is 5. The van der Waals surface area contributed by atoms with Crippen LogP contribution >= 0.6 is 0 Å². The van der Waals surface area contributed by atoms with Gasteiger partial charge < -0.3 is 14.5 Å². The number of piperazine rings is 1. The van der Waals surface area contributed by atoms with Crippen molar-refractivity contribution in [3.05, 3.63) is 0 Å². The third kappa shape index (κ3) is 3.25. The molecule has 3 fully saturated rings. The lowest BCUT2D eigenvalue weighted by atomic mass is 9.79. The first kappa shape index (κ1) is 18.2.